The summed E-state index contributed by atoms with van der Waals surface area (Å²) in [4.78, 5) is 50.8. The molecule has 0 radical (unpaired) electrons. The molecule has 5 atom stereocenters. The topological polar surface area (TPSA) is 130 Å². The van der Waals surface area contributed by atoms with Gasteiger partial charge in [-0.3, -0.25) is 19.1 Å². The van der Waals surface area contributed by atoms with Crippen LogP contribution in [0.5, 0.6) is 0 Å². The van der Waals surface area contributed by atoms with Crippen LogP contribution in [0.25, 0.3) is 10.8 Å². The highest BCUT2D eigenvalue weighted by Crippen LogP contribution is 2.54. The molecule has 2 amide bonds. The van der Waals surface area contributed by atoms with Crippen molar-refractivity contribution in [2.24, 2.45) is 0 Å². The molecule has 3 aromatic rings. The van der Waals surface area contributed by atoms with Crippen LogP contribution in [0.3, 0.4) is 0 Å². The van der Waals surface area contributed by atoms with E-state index in [0.717, 1.165) is 50.3 Å². The summed E-state index contributed by atoms with van der Waals surface area (Å²) >= 11 is 0. The van der Waals surface area contributed by atoms with Crippen molar-refractivity contribution >= 4 is 30.2 Å². The first-order chi connectivity index (χ1) is 21.6. The van der Waals surface area contributed by atoms with Crippen LogP contribution in [0, 0.1) is 0 Å². The average Bonchev–Trinajstić information content (AvgIpc) is 3.50. The normalized spacial score (nSPS) is 28.1. The van der Waals surface area contributed by atoms with Gasteiger partial charge in [0, 0.05) is 29.6 Å². The zero-order valence-electron chi connectivity index (χ0n) is 25.4. The van der Waals surface area contributed by atoms with Gasteiger partial charge < -0.3 is 25.1 Å². The summed E-state index contributed by atoms with van der Waals surface area (Å²) in [5, 5.41) is 16.5. The van der Waals surface area contributed by atoms with Crippen molar-refractivity contribution in [2.45, 2.75) is 99.8 Å². The van der Waals surface area contributed by atoms with Gasteiger partial charge in [0.2, 0.25) is 5.91 Å². The highest BCUT2D eigenvalue weighted by molar-refractivity contribution is 7.50. The van der Waals surface area contributed by atoms with E-state index in [1.165, 1.54) is 5.56 Å². The second-order valence-corrected chi connectivity index (χ2v) is 15.3. The van der Waals surface area contributed by atoms with Crippen molar-refractivity contribution in [1.29, 1.82) is 0 Å². The molecular formula is C35H42N3O6P. The Morgan fingerprint density at radius 1 is 0.911 bits per heavy atom. The molecule has 4 aliphatic rings. The molecule has 4 fully saturated rings. The number of carbonyl (C=O) groups excluding carboxylic acids is 2. The van der Waals surface area contributed by atoms with Crippen molar-refractivity contribution in [3.63, 3.8) is 0 Å². The van der Waals surface area contributed by atoms with Crippen LogP contribution in [-0.2, 0) is 15.5 Å². The fourth-order valence-electron chi connectivity index (χ4n) is 8.24. The lowest BCUT2D eigenvalue weighted by Gasteiger charge is -2.41. The molecule has 1 saturated carbocycles. The first-order valence-electron chi connectivity index (χ1n) is 16.3. The zero-order chi connectivity index (χ0) is 31.3. The van der Waals surface area contributed by atoms with Crippen LogP contribution in [0.15, 0.2) is 66.7 Å². The highest BCUT2D eigenvalue weighted by atomic mass is 31.2. The Labute approximate surface area is 263 Å². The average molecular weight is 632 g/mol. The number of amides is 2. The number of rotatable bonds is 6. The summed E-state index contributed by atoms with van der Waals surface area (Å²) in [6.07, 6.45) is 6.69. The van der Waals surface area contributed by atoms with Crippen molar-refractivity contribution < 1.29 is 29.0 Å². The van der Waals surface area contributed by atoms with Gasteiger partial charge in [-0.2, -0.15) is 0 Å². The molecule has 1 aliphatic carbocycles. The number of hydrogen-bond acceptors (Lipinski definition) is 5. The number of aliphatic hydroxyl groups is 1. The summed E-state index contributed by atoms with van der Waals surface area (Å²) < 4.78 is 11.5. The number of benzene rings is 3. The first kappa shape index (κ1) is 30.6. The summed E-state index contributed by atoms with van der Waals surface area (Å²) in [5.74, 6) is 0.135. The number of likely N-dealkylation sites (tertiary alicyclic amines) is 1. The monoisotopic (exact) mass is 631 g/mol. The van der Waals surface area contributed by atoms with Crippen molar-refractivity contribution in [3.05, 3.63) is 83.4 Å². The summed E-state index contributed by atoms with van der Waals surface area (Å²) in [6.45, 7) is 0.714. The van der Waals surface area contributed by atoms with Crippen LogP contribution in [0.1, 0.15) is 85.2 Å². The molecule has 4 N–H and O–H groups in total. The predicted octanol–water partition coefficient (Wildman–Crippen LogP) is 4.89. The van der Waals surface area contributed by atoms with Gasteiger partial charge >= 0.3 is 7.60 Å². The number of fused-ring (bicyclic) bond motifs is 2. The lowest BCUT2D eigenvalue weighted by Crippen LogP contribution is -2.59. The molecule has 3 saturated heterocycles. The molecule has 45 heavy (non-hydrogen) atoms. The molecule has 10 heteroatoms. The number of carbonyl (C=O) groups is 2. The Morgan fingerprint density at radius 2 is 1.67 bits per heavy atom. The third-order valence-corrected chi connectivity index (χ3v) is 11.4. The van der Waals surface area contributed by atoms with Crippen LogP contribution >= 0.6 is 7.60 Å². The molecule has 3 heterocycles. The van der Waals surface area contributed by atoms with Crippen molar-refractivity contribution in [1.82, 2.24) is 15.1 Å². The molecule has 3 aromatic carbocycles. The zero-order valence-corrected chi connectivity index (χ0v) is 26.3. The maximum absolute atomic E-state index is 14.3. The number of nitrogens with one attached hydrogen (secondary N) is 1. The number of aliphatic hydroxyl groups excluding tert-OH is 1. The van der Waals surface area contributed by atoms with Gasteiger partial charge in [0.25, 0.3) is 5.91 Å². The van der Waals surface area contributed by atoms with Crippen molar-refractivity contribution in [2.75, 3.05) is 6.54 Å². The summed E-state index contributed by atoms with van der Waals surface area (Å²) in [7, 11) is -4.22. The van der Waals surface area contributed by atoms with E-state index in [1.807, 2.05) is 17.0 Å². The Balaban J connectivity index is 1.09. The lowest BCUT2D eigenvalue weighted by atomic mass is 9.96. The fraction of sp³-hybridized carbons (Fsp3) is 0.486. The van der Waals surface area contributed by atoms with Crippen LogP contribution in [0.2, 0.25) is 0 Å². The molecule has 1 spiro atoms. The fourth-order valence-corrected chi connectivity index (χ4v) is 8.91. The minimum absolute atomic E-state index is 0.0573. The molecule has 0 bridgehead atoms. The Kier molecular flexibility index (Phi) is 8.11. The summed E-state index contributed by atoms with van der Waals surface area (Å²) in [6, 6.07) is 20.1. The van der Waals surface area contributed by atoms with Crippen LogP contribution in [-0.4, -0.2) is 72.9 Å². The van der Waals surface area contributed by atoms with E-state index in [1.54, 1.807) is 30.3 Å². The summed E-state index contributed by atoms with van der Waals surface area (Å²) in [5.41, 5.74) is 2.14. The molecule has 0 aromatic heterocycles. The van der Waals surface area contributed by atoms with E-state index < -0.39 is 25.9 Å². The lowest BCUT2D eigenvalue weighted by molar-refractivity contribution is -0.145. The Hall–Kier alpha value is -3.07. The van der Waals surface area contributed by atoms with Gasteiger partial charge in [-0.15, -0.1) is 0 Å². The maximum Gasteiger partial charge on any atom is 0.329 e. The van der Waals surface area contributed by atoms with Gasteiger partial charge in [0.05, 0.1) is 18.2 Å². The third-order valence-electron chi connectivity index (χ3n) is 10.6. The van der Waals surface area contributed by atoms with E-state index in [-0.39, 0.29) is 29.6 Å². The standard InChI is InChI=1S/C35H42N3O6P/c39-32(26-13-12-25-11-10-23(18-27(25)19-26)22-45(42,43)44)36-30-9-5-4-8-29-14-15-31(38(29)33(30)40)34(41)37-21-28(20-35(37)16-17-35)24-6-2-1-3-7-24/h1-3,6-7,10-13,18-19,28-31,33,40H,4-5,8-9,14-17,20-22H2,(H,36,39)(H2,42,43,44)/t28?,29-,30-,31-,33?/m0/s1. The Bertz CT molecular complexity index is 1640. The van der Waals surface area contributed by atoms with E-state index in [9.17, 15) is 29.0 Å². The molecule has 3 aliphatic heterocycles. The SMILES string of the molecule is O=C(N[C@H]1CCCC[C@H]2CC[C@@H](C(=O)N3CC(c4ccccc4)CC34CC4)N2C1O)c1ccc2ccc(CP(=O)(O)O)cc2c1. The molecule has 9 nitrogen and oxygen atoms in total. The molecule has 238 valence electrons. The third kappa shape index (κ3) is 6.21. The largest absolute Gasteiger partial charge is 0.376 e. The van der Waals surface area contributed by atoms with Crippen LogP contribution < -0.4 is 5.32 Å². The molecule has 2 unspecified atom stereocenters. The van der Waals surface area contributed by atoms with Crippen LogP contribution in [0.4, 0.5) is 0 Å². The highest BCUT2D eigenvalue weighted by Gasteiger charge is 2.58. The molecule has 7 rings (SSSR count). The van der Waals surface area contributed by atoms with E-state index in [4.69, 9.17) is 0 Å². The van der Waals surface area contributed by atoms with Crippen molar-refractivity contribution in [3.8, 4) is 0 Å². The smallest absolute Gasteiger partial charge is 0.329 e. The van der Waals surface area contributed by atoms with Gasteiger partial charge in [-0.1, -0.05) is 67.4 Å². The second-order valence-electron chi connectivity index (χ2n) is 13.7. The van der Waals surface area contributed by atoms with Gasteiger partial charge in [-0.25, -0.2) is 0 Å². The second kappa shape index (κ2) is 11.9. The quantitative estimate of drug-likeness (QED) is 0.285. The first-order valence-corrected chi connectivity index (χ1v) is 18.1. The molecular weight excluding hydrogens is 589 g/mol. The van der Waals surface area contributed by atoms with Gasteiger partial charge in [-0.05, 0) is 79.0 Å². The minimum Gasteiger partial charge on any atom is -0.376 e. The predicted molar refractivity (Wildman–Crippen MR) is 172 cm³/mol. The van der Waals surface area contributed by atoms with E-state index in [0.29, 0.717) is 41.8 Å². The van der Waals surface area contributed by atoms with Gasteiger partial charge in [0.15, 0.2) is 0 Å². The van der Waals surface area contributed by atoms with Gasteiger partial charge in [0.1, 0.15) is 6.23 Å². The number of hydrogen-bond donors (Lipinski definition) is 4. The minimum atomic E-state index is -4.22. The maximum atomic E-state index is 14.3. The Morgan fingerprint density at radius 3 is 2.42 bits per heavy atom. The van der Waals surface area contributed by atoms with E-state index >= 15 is 0 Å². The number of nitrogens with zero attached hydrogens (tertiary/aromatic N) is 2. The van der Waals surface area contributed by atoms with E-state index in [2.05, 4.69) is 34.5 Å².